The molecule has 15 heavy (non-hydrogen) atoms. The van der Waals surface area contributed by atoms with Gasteiger partial charge in [-0.25, -0.2) is 4.39 Å². The van der Waals surface area contributed by atoms with E-state index in [2.05, 4.69) is 19.2 Å². The Balaban J connectivity index is 1.97. The van der Waals surface area contributed by atoms with E-state index < -0.39 is 5.67 Å². The van der Waals surface area contributed by atoms with Crippen LogP contribution in [0.3, 0.4) is 0 Å². The van der Waals surface area contributed by atoms with Crippen molar-refractivity contribution in [1.29, 1.82) is 0 Å². The predicted octanol–water partition coefficient (Wildman–Crippen LogP) is 3.15. The molecular formula is C13H24FN. The fourth-order valence-electron chi connectivity index (χ4n) is 3.26. The molecule has 4 atom stereocenters. The summed E-state index contributed by atoms with van der Waals surface area (Å²) >= 11 is 0. The van der Waals surface area contributed by atoms with Crippen molar-refractivity contribution in [2.75, 3.05) is 13.1 Å². The zero-order valence-corrected chi connectivity index (χ0v) is 10.1. The molecule has 2 heteroatoms. The van der Waals surface area contributed by atoms with Crippen molar-refractivity contribution in [1.82, 2.24) is 5.32 Å². The molecule has 0 aromatic heterocycles. The minimum absolute atomic E-state index is 0.316. The van der Waals surface area contributed by atoms with Gasteiger partial charge in [0, 0.05) is 6.54 Å². The highest BCUT2D eigenvalue weighted by Crippen LogP contribution is 2.43. The highest BCUT2D eigenvalue weighted by molar-refractivity contribution is 4.94. The molecule has 1 aliphatic carbocycles. The van der Waals surface area contributed by atoms with Gasteiger partial charge in [-0.3, -0.25) is 0 Å². The van der Waals surface area contributed by atoms with Crippen molar-refractivity contribution in [3.63, 3.8) is 0 Å². The summed E-state index contributed by atoms with van der Waals surface area (Å²) in [6.45, 7) is 6.20. The number of hydrogen-bond acceptors (Lipinski definition) is 1. The number of rotatable bonds is 1. The van der Waals surface area contributed by atoms with Crippen molar-refractivity contribution >= 4 is 0 Å². The van der Waals surface area contributed by atoms with Crippen LogP contribution in [0, 0.1) is 17.8 Å². The van der Waals surface area contributed by atoms with Gasteiger partial charge >= 0.3 is 0 Å². The number of alkyl halides is 1. The minimum Gasteiger partial charge on any atom is -0.314 e. The molecule has 1 aliphatic heterocycles. The van der Waals surface area contributed by atoms with Crippen molar-refractivity contribution in [3.8, 4) is 0 Å². The van der Waals surface area contributed by atoms with Gasteiger partial charge in [-0.1, -0.05) is 20.3 Å². The molecule has 4 unspecified atom stereocenters. The SMILES string of the molecule is CC1CCC(C2(F)CCCNC2)CC1C. The van der Waals surface area contributed by atoms with Gasteiger partial charge in [0.25, 0.3) is 0 Å². The van der Waals surface area contributed by atoms with Crippen LogP contribution in [0.25, 0.3) is 0 Å². The van der Waals surface area contributed by atoms with Crippen LogP contribution in [-0.4, -0.2) is 18.8 Å². The molecule has 88 valence electrons. The zero-order chi connectivity index (χ0) is 10.9. The molecule has 2 rings (SSSR count). The molecule has 1 saturated carbocycles. The van der Waals surface area contributed by atoms with Crippen LogP contribution in [0.5, 0.6) is 0 Å². The highest BCUT2D eigenvalue weighted by atomic mass is 19.1. The molecule has 2 aliphatic rings. The fraction of sp³-hybridized carbons (Fsp3) is 1.00. The molecule has 0 bridgehead atoms. The second-order valence-electron chi connectivity index (χ2n) is 5.78. The summed E-state index contributed by atoms with van der Waals surface area (Å²) in [5.74, 6) is 1.82. The average molecular weight is 213 g/mol. The molecule has 2 fully saturated rings. The lowest BCUT2D eigenvalue weighted by molar-refractivity contribution is 0.00994. The van der Waals surface area contributed by atoms with Crippen molar-refractivity contribution in [2.24, 2.45) is 17.8 Å². The monoisotopic (exact) mass is 213 g/mol. The van der Waals surface area contributed by atoms with E-state index in [0.29, 0.717) is 18.4 Å². The van der Waals surface area contributed by atoms with Crippen LogP contribution in [-0.2, 0) is 0 Å². The standard InChI is InChI=1S/C13H24FN/c1-10-4-5-12(8-11(10)2)13(14)6-3-7-15-9-13/h10-12,15H,3-9H2,1-2H3. The van der Waals surface area contributed by atoms with Crippen LogP contribution >= 0.6 is 0 Å². The quantitative estimate of drug-likeness (QED) is 0.705. The molecule has 0 spiro atoms. The maximum absolute atomic E-state index is 14.7. The Labute approximate surface area is 92.8 Å². The van der Waals surface area contributed by atoms with Crippen molar-refractivity contribution in [3.05, 3.63) is 0 Å². The Kier molecular flexibility index (Phi) is 3.34. The van der Waals surface area contributed by atoms with Crippen LogP contribution in [0.4, 0.5) is 4.39 Å². The van der Waals surface area contributed by atoms with Gasteiger partial charge in [0.1, 0.15) is 5.67 Å². The lowest BCUT2D eigenvalue weighted by atomic mass is 9.68. The molecule has 1 heterocycles. The van der Waals surface area contributed by atoms with E-state index in [9.17, 15) is 4.39 Å². The van der Waals surface area contributed by atoms with Crippen molar-refractivity contribution < 1.29 is 4.39 Å². The molecule has 0 aromatic carbocycles. The average Bonchev–Trinajstić information content (AvgIpc) is 2.23. The largest absolute Gasteiger partial charge is 0.314 e. The summed E-state index contributed by atoms with van der Waals surface area (Å²) in [4.78, 5) is 0. The van der Waals surface area contributed by atoms with Gasteiger partial charge < -0.3 is 5.32 Å². The number of hydrogen-bond donors (Lipinski definition) is 1. The summed E-state index contributed by atoms with van der Waals surface area (Å²) in [5, 5.41) is 3.22. The van der Waals surface area contributed by atoms with E-state index in [1.807, 2.05) is 0 Å². The van der Waals surface area contributed by atoms with Crippen LogP contribution in [0.2, 0.25) is 0 Å². The third-order valence-corrected chi connectivity index (χ3v) is 4.69. The van der Waals surface area contributed by atoms with Gasteiger partial charge in [-0.05, 0) is 50.0 Å². The van der Waals surface area contributed by atoms with E-state index in [1.165, 1.54) is 6.42 Å². The van der Waals surface area contributed by atoms with E-state index in [4.69, 9.17) is 0 Å². The van der Waals surface area contributed by atoms with Crippen molar-refractivity contribution in [2.45, 2.75) is 51.6 Å². The summed E-state index contributed by atoms with van der Waals surface area (Å²) in [7, 11) is 0. The maximum atomic E-state index is 14.7. The summed E-state index contributed by atoms with van der Waals surface area (Å²) in [5.41, 5.74) is -0.896. The number of piperidine rings is 1. The first-order valence-electron chi connectivity index (χ1n) is 6.51. The Hall–Kier alpha value is -0.110. The molecular weight excluding hydrogens is 189 g/mol. The lowest BCUT2D eigenvalue weighted by Crippen LogP contribution is -2.49. The number of nitrogens with one attached hydrogen (secondary N) is 1. The molecule has 1 N–H and O–H groups in total. The van der Waals surface area contributed by atoms with Gasteiger partial charge in [-0.15, -0.1) is 0 Å². The van der Waals surface area contributed by atoms with Gasteiger partial charge in [0.15, 0.2) is 0 Å². The highest BCUT2D eigenvalue weighted by Gasteiger charge is 2.42. The Morgan fingerprint density at radius 1 is 1.20 bits per heavy atom. The predicted molar refractivity (Wildman–Crippen MR) is 61.6 cm³/mol. The number of halogens is 1. The smallest absolute Gasteiger partial charge is 0.126 e. The summed E-state index contributed by atoms with van der Waals surface area (Å²) < 4.78 is 14.7. The third kappa shape index (κ3) is 2.35. The Morgan fingerprint density at radius 3 is 2.60 bits per heavy atom. The van der Waals surface area contributed by atoms with E-state index in [0.717, 1.165) is 38.1 Å². The Bertz CT molecular complexity index is 211. The van der Waals surface area contributed by atoms with Gasteiger partial charge in [-0.2, -0.15) is 0 Å². The topological polar surface area (TPSA) is 12.0 Å². The molecule has 1 nitrogen and oxygen atoms in total. The van der Waals surface area contributed by atoms with E-state index in [-0.39, 0.29) is 0 Å². The fourth-order valence-corrected chi connectivity index (χ4v) is 3.26. The third-order valence-electron chi connectivity index (χ3n) is 4.69. The summed E-state index contributed by atoms with van der Waals surface area (Å²) in [6, 6.07) is 0. The molecule has 0 radical (unpaired) electrons. The van der Waals surface area contributed by atoms with E-state index >= 15 is 0 Å². The van der Waals surface area contributed by atoms with Crippen LogP contribution in [0.1, 0.15) is 46.0 Å². The molecule has 0 amide bonds. The summed E-state index contributed by atoms with van der Waals surface area (Å²) in [6.07, 6.45) is 5.21. The van der Waals surface area contributed by atoms with Crippen LogP contribution < -0.4 is 5.32 Å². The minimum atomic E-state index is -0.896. The lowest BCUT2D eigenvalue weighted by Gasteiger charge is -2.42. The molecule has 0 aromatic rings. The van der Waals surface area contributed by atoms with Gasteiger partial charge in [0.05, 0.1) is 0 Å². The first-order valence-corrected chi connectivity index (χ1v) is 6.51. The van der Waals surface area contributed by atoms with Crippen LogP contribution in [0.15, 0.2) is 0 Å². The zero-order valence-electron chi connectivity index (χ0n) is 10.1. The first-order chi connectivity index (χ1) is 7.12. The molecule has 1 saturated heterocycles. The second kappa shape index (κ2) is 4.40. The first kappa shape index (κ1) is 11.4. The second-order valence-corrected chi connectivity index (χ2v) is 5.78. The Morgan fingerprint density at radius 2 is 2.00 bits per heavy atom. The van der Waals surface area contributed by atoms with Gasteiger partial charge in [0.2, 0.25) is 0 Å². The maximum Gasteiger partial charge on any atom is 0.126 e. The normalized spacial score (nSPS) is 47.8. The van der Waals surface area contributed by atoms with E-state index in [1.54, 1.807) is 0 Å².